The summed E-state index contributed by atoms with van der Waals surface area (Å²) in [6.45, 7) is 3.86. The van der Waals surface area contributed by atoms with Crippen LogP contribution in [0.5, 0.6) is 0 Å². The van der Waals surface area contributed by atoms with Crippen molar-refractivity contribution in [2.45, 2.75) is 25.4 Å². The van der Waals surface area contributed by atoms with Crippen LogP contribution >= 0.6 is 0 Å². The van der Waals surface area contributed by atoms with Crippen molar-refractivity contribution >= 4 is 17.3 Å². The van der Waals surface area contributed by atoms with Gasteiger partial charge in [0.25, 0.3) is 5.91 Å². The quantitative estimate of drug-likeness (QED) is 0.556. The predicted molar refractivity (Wildman–Crippen MR) is 100.0 cm³/mol. The predicted octanol–water partition coefficient (Wildman–Crippen LogP) is 4.88. The smallest absolute Gasteiger partial charge is 0.347 e. The van der Waals surface area contributed by atoms with Crippen molar-refractivity contribution in [2.75, 3.05) is 11.9 Å². The first-order chi connectivity index (χ1) is 12.6. The molecule has 0 atom stereocenters. The van der Waals surface area contributed by atoms with Gasteiger partial charge < -0.3 is 4.90 Å². The summed E-state index contributed by atoms with van der Waals surface area (Å²) in [6, 6.07) is 14.8. The molecule has 140 valence electrons. The van der Waals surface area contributed by atoms with Crippen LogP contribution in [0.1, 0.15) is 25.0 Å². The number of benzene rings is 2. The van der Waals surface area contributed by atoms with Gasteiger partial charge in [0.2, 0.25) is 0 Å². The summed E-state index contributed by atoms with van der Waals surface area (Å²) >= 11 is 0. The van der Waals surface area contributed by atoms with E-state index in [2.05, 4.69) is 4.99 Å². The molecule has 0 saturated carbocycles. The summed E-state index contributed by atoms with van der Waals surface area (Å²) in [4.78, 5) is 17.6. The lowest BCUT2D eigenvalue weighted by atomic mass is 9.84. The normalized spacial score (nSPS) is 17.9. The van der Waals surface area contributed by atoms with Gasteiger partial charge in [-0.15, -0.1) is 0 Å². The molecule has 0 bridgehead atoms. The molecule has 0 N–H and O–H groups in total. The minimum atomic E-state index is -4.73. The molecule has 3 rings (SSSR count). The Morgan fingerprint density at radius 2 is 1.63 bits per heavy atom. The molecule has 1 heterocycles. The van der Waals surface area contributed by atoms with E-state index in [0.717, 1.165) is 11.3 Å². The van der Waals surface area contributed by atoms with Gasteiger partial charge in [0.1, 0.15) is 0 Å². The number of amides is 1. The van der Waals surface area contributed by atoms with Gasteiger partial charge in [-0.25, -0.2) is 4.99 Å². The summed E-state index contributed by atoms with van der Waals surface area (Å²) < 4.78 is 40.2. The number of aliphatic imine (C=N–C) groups is 1. The van der Waals surface area contributed by atoms with Crippen molar-refractivity contribution < 1.29 is 18.0 Å². The molecule has 27 heavy (non-hydrogen) atoms. The Morgan fingerprint density at radius 1 is 1.04 bits per heavy atom. The van der Waals surface area contributed by atoms with Gasteiger partial charge in [0, 0.05) is 35.5 Å². The van der Waals surface area contributed by atoms with E-state index in [-0.39, 0.29) is 5.56 Å². The average molecular weight is 372 g/mol. The maximum atomic E-state index is 13.4. The lowest BCUT2D eigenvalue weighted by Gasteiger charge is -2.23. The zero-order valence-corrected chi connectivity index (χ0v) is 15.2. The lowest BCUT2D eigenvalue weighted by Crippen LogP contribution is -2.26. The summed E-state index contributed by atoms with van der Waals surface area (Å²) in [5, 5.41) is 0. The molecule has 0 unspecified atom stereocenters. The lowest BCUT2D eigenvalue weighted by molar-refractivity contribution is -0.114. The van der Waals surface area contributed by atoms with E-state index in [9.17, 15) is 18.0 Å². The summed E-state index contributed by atoms with van der Waals surface area (Å²) in [5.41, 5.74) is 0.688. The first kappa shape index (κ1) is 18.9. The fourth-order valence-corrected chi connectivity index (χ4v) is 3.41. The maximum absolute atomic E-state index is 13.4. The second-order valence-corrected chi connectivity index (χ2v) is 6.89. The Bertz CT molecular complexity index is 928. The number of nitrogens with zero attached hydrogens (tertiary/aromatic N) is 2. The number of hydrogen-bond acceptors (Lipinski definition) is 2. The van der Waals surface area contributed by atoms with Crippen LogP contribution in [0.2, 0.25) is 0 Å². The summed E-state index contributed by atoms with van der Waals surface area (Å²) in [6.07, 6.45) is -3.54. The molecular weight excluding hydrogens is 353 g/mol. The number of anilines is 1. The standard InChI is InChI=1S/C21H19F3N2O/c1-20(2)15-11-7-8-12-16(15)26(3)17(20)13-18(27)25-19(21(22,23)24)14-9-5-4-6-10-14/h4-13H,1-3H3/b17-13-,25-19?. The topological polar surface area (TPSA) is 32.7 Å². The van der Waals surface area contributed by atoms with Crippen LogP contribution in [-0.2, 0) is 10.2 Å². The third kappa shape index (κ3) is 3.52. The van der Waals surface area contributed by atoms with Gasteiger partial charge in [-0.2, -0.15) is 13.2 Å². The SMILES string of the molecule is CN1/C(=C\C(=O)N=C(c2ccccc2)C(F)(F)F)C(C)(C)c2ccccc21. The molecule has 0 saturated heterocycles. The molecule has 2 aromatic carbocycles. The van der Waals surface area contributed by atoms with Crippen LogP contribution in [0.3, 0.4) is 0 Å². The maximum Gasteiger partial charge on any atom is 0.434 e. The van der Waals surface area contributed by atoms with E-state index in [4.69, 9.17) is 0 Å². The highest BCUT2D eigenvalue weighted by atomic mass is 19.4. The van der Waals surface area contributed by atoms with Crippen LogP contribution in [0.4, 0.5) is 18.9 Å². The van der Waals surface area contributed by atoms with E-state index in [1.165, 1.54) is 30.3 Å². The Labute approximate surface area is 155 Å². The monoisotopic (exact) mass is 372 g/mol. The van der Waals surface area contributed by atoms with Crippen molar-refractivity contribution in [3.05, 3.63) is 77.5 Å². The average Bonchev–Trinajstić information content (AvgIpc) is 2.81. The number of alkyl halides is 3. The van der Waals surface area contributed by atoms with Crippen LogP contribution in [-0.4, -0.2) is 24.8 Å². The van der Waals surface area contributed by atoms with Crippen molar-refractivity contribution in [1.82, 2.24) is 0 Å². The Hall–Kier alpha value is -2.89. The van der Waals surface area contributed by atoms with Gasteiger partial charge in [0.15, 0.2) is 5.71 Å². The fourth-order valence-electron chi connectivity index (χ4n) is 3.41. The largest absolute Gasteiger partial charge is 0.434 e. The van der Waals surface area contributed by atoms with Crippen molar-refractivity contribution in [2.24, 2.45) is 4.99 Å². The molecule has 2 aromatic rings. The van der Waals surface area contributed by atoms with Crippen LogP contribution < -0.4 is 4.90 Å². The van der Waals surface area contributed by atoms with E-state index in [1.807, 2.05) is 43.0 Å². The third-order valence-corrected chi connectivity index (χ3v) is 4.74. The number of allylic oxidation sites excluding steroid dienone is 1. The number of rotatable bonds is 2. The van der Waals surface area contributed by atoms with Crippen LogP contribution in [0.25, 0.3) is 0 Å². The Kier molecular flexibility index (Phi) is 4.68. The van der Waals surface area contributed by atoms with E-state index >= 15 is 0 Å². The summed E-state index contributed by atoms with van der Waals surface area (Å²) in [5.74, 6) is -0.936. The molecule has 1 aliphatic heterocycles. The van der Waals surface area contributed by atoms with Crippen molar-refractivity contribution in [1.29, 1.82) is 0 Å². The molecule has 0 radical (unpaired) electrons. The van der Waals surface area contributed by atoms with E-state index in [0.29, 0.717) is 5.70 Å². The highest BCUT2D eigenvalue weighted by molar-refractivity contribution is 6.11. The molecule has 0 aliphatic carbocycles. The highest BCUT2D eigenvalue weighted by Gasteiger charge is 2.40. The molecule has 6 heteroatoms. The van der Waals surface area contributed by atoms with Gasteiger partial charge >= 0.3 is 6.18 Å². The molecule has 1 aliphatic rings. The minimum Gasteiger partial charge on any atom is -0.347 e. The van der Waals surface area contributed by atoms with Gasteiger partial charge in [-0.05, 0) is 11.6 Å². The molecule has 0 fully saturated rings. The first-order valence-electron chi connectivity index (χ1n) is 8.43. The second-order valence-electron chi connectivity index (χ2n) is 6.89. The zero-order valence-electron chi connectivity index (χ0n) is 15.2. The van der Waals surface area contributed by atoms with Gasteiger partial charge in [-0.1, -0.05) is 62.4 Å². The van der Waals surface area contributed by atoms with E-state index < -0.39 is 23.2 Å². The Morgan fingerprint density at radius 3 is 2.22 bits per heavy atom. The van der Waals surface area contributed by atoms with Crippen molar-refractivity contribution in [3.63, 3.8) is 0 Å². The fraction of sp³-hybridized carbons (Fsp3) is 0.238. The molecule has 1 amide bonds. The third-order valence-electron chi connectivity index (χ3n) is 4.74. The first-order valence-corrected chi connectivity index (χ1v) is 8.43. The zero-order chi connectivity index (χ0) is 19.8. The molecule has 0 aromatic heterocycles. The van der Waals surface area contributed by atoms with Crippen LogP contribution in [0.15, 0.2) is 71.4 Å². The number of carbonyl (C=O) groups is 1. The minimum absolute atomic E-state index is 0.140. The number of para-hydroxylation sites is 1. The number of hydrogen-bond donors (Lipinski definition) is 0. The highest BCUT2D eigenvalue weighted by Crippen LogP contribution is 2.46. The number of likely N-dealkylation sites (N-methyl/N-ethyl adjacent to an activating group) is 1. The van der Waals surface area contributed by atoms with Gasteiger partial charge in [-0.3, -0.25) is 4.79 Å². The number of carbonyl (C=O) groups excluding carboxylic acids is 1. The Balaban J connectivity index is 2.02. The second kappa shape index (κ2) is 6.68. The number of fused-ring (bicyclic) bond motifs is 1. The number of halogens is 3. The van der Waals surface area contributed by atoms with E-state index in [1.54, 1.807) is 13.1 Å². The van der Waals surface area contributed by atoms with Crippen LogP contribution in [0, 0.1) is 0 Å². The van der Waals surface area contributed by atoms with Crippen molar-refractivity contribution in [3.8, 4) is 0 Å². The molecule has 3 nitrogen and oxygen atoms in total. The summed E-state index contributed by atoms with van der Waals surface area (Å²) in [7, 11) is 1.79. The molecule has 0 spiro atoms. The van der Waals surface area contributed by atoms with Gasteiger partial charge in [0.05, 0.1) is 0 Å². The molecular formula is C21H19F3N2O.